The van der Waals surface area contributed by atoms with Crippen molar-refractivity contribution in [3.05, 3.63) is 29.8 Å². The van der Waals surface area contributed by atoms with Gasteiger partial charge in [0, 0.05) is 25.0 Å². The molecule has 5 aliphatic rings. The molecule has 0 unspecified atom stereocenters. The van der Waals surface area contributed by atoms with E-state index in [0.29, 0.717) is 54.6 Å². The Morgan fingerprint density at radius 3 is 2.00 bits per heavy atom. The Labute approximate surface area is 187 Å². The molecule has 170 valence electrons. The minimum absolute atomic E-state index is 0.0630. The third-order valence-corrected chi connectivity index (χ3v) is 10.5. The number of hydrogen-bond donors (Lipinski definition) is 1. The van der Waals surface area contributed by atoms with Crippen molar-refractivity contribution in [1.29, 1.82) is 0 Å². The summed E-state index contributed by atoms with van der Waals surface area (Å²) in [5.41, 5.74) is 1.14. The minimum atomic E-state index is -3.49. The second kappa shape index (κ2) is 8.18. The van der Waals surface area contributed by atoms with E-state index in [-0.39, 0.29) is 11.8 Å². The molecule has 1 aromatic rings. The van der Waals surface area contributed by atoms with Crippen LogP contribution in [0.3, 0.4) is 0 Å². The van der Waals surface area contributed by atoms with Crippen LogP contribution in [0.4, 0.5) is 0 Å². The Balaban J connectivity index is 1.18. The van der Waals surface area contributed by atoms with E-state index in [0.717, 1.165) is 17.4 Å². The zero-order chi connectivity index (χ0) is 21.8. The van der Waals surface area contributed by atoms with Crippen LogP contribution in [0.1, 0.15) is 70.3 Å². The third-order valence-electron chi connectivity index (χ3n) is 8.54. The molecule has 0 radical (unpaired) electrons. The molecule has 1 aliphatic heterocycles. The van der Waals surface area contributed by atoms with E-state index in [1.165, 1.54) is 32.1 Å². The Bertz CT molecular complexity index is 889. The molecule has 0 spiro atoms. The average Bonchev–Trinajstić information content (AvgIpc) is 2.75. The van der Waals surface area contributed by atoms with Gasteiger partial charge in [-0.1, -0.05) is 26.0 Å². The first-order chi connectivity index (χ1) is 14.8. The number of hydrogen-bond acceptors (Lipinski definition) is 3. The lowest BCUT2D eigenvalue weighted by Crippen LogP contribution is -2.57. The number of nitrogens with one attached hydrogen (secondary N) is 1. The molecule has 1 aromatic carbocycles. The molecule has 0 aromatic heterocycles. The Hall–Kier alpha value is -1.40. The molecule has 4 bridgehead atoms. The largest absolute Gasteiger partial charge is 0.353 e. The summed E-state index contributed by atoms with van der Waals surface area (Å²) < 4.78 is 27.7. The van der Waals surface area contributed by atoms with Crippen LogP contribution in [0.25, 0.3) is 0 Å². The predicted molar refractivity (Wildman–Crippen MR) is 121 cm³/mol. The van der Waals surface area contributed by atoms with Crippen molar-refractivity contribution < 1.29 is 13.2 Å². The fraction of sp³-hybridized carbons (Fsp3) is 0.720. The highest BCUT2D eigenvalue weighted by Crippen LogP contribution is 2.53. The smallest absolute Gasteiger partial charge is 0.243 e. The predicted octanol–water partition coefficient (Wildman–Crippen LogP) is 4.15. The van der Waals surface area contributed by atoms with Crippen LogP contribution in [0.5, 0.6) is 0 Å². The molecule has 1 saturated heterocycles. The van der Waals surface area contributed by atoms with E-state index in [4.69, 9.17) is 0 Å². The summed E-state index contributed by atoms with van der Waals surface area (Å²) in [5.74, 6) is 3.63. The maximum absolute atomic E-state index is 13.1. The molecule has 1 heterocycles. The van der Waals surface area contributed by atoms with Crippen LogP contribution in [-0.4, -0.2) is 37.8 Å². The summed E-state index contributed by atoms with van der Waals surface area (Å²) in [4.78, 5) is 13.4. The number of piperidine rings is 1. The van der Waals surface area contributed by atoms with E-state index in [1.54, 1.807) is 16.4 Å². The molecule has 6 heteroatoms. The highest BCUT2D eigenvalue weighted by atomic mass is 32.2. The van der Waals surface area contributed by atoms with Gasteiger partial charge in [0.25, 0.3) is 0 Å². The van der Waals surface area contributed by atoms with Gasteiger partial charge in [-0.2, -0.15) is 4.31 Å². The summed E-state index contributed by atoms with van der Waals surface area (Å²) in [5, 5.41) is 3.43. The first-order valence-electron chi connectivity index (χ1n) is 12.2. The summed E-state index contributed by atoms with van der Waals surface area (Å²) in [6, 6.07) is 7.61. The normalized spacial score (nSPS) is 33.7. The maximum Gasteiger partial charge on any atom is 0.243 e. The fourth-order valence-electron chi connectivity index (χ4n) is 6.98. The van der Waals surface area contributed by atoms with Gasteiger partial charge < -0.3 is 5.32 Å². The number of sulfonamides is 1. The topological polar surface area (TPSA) is 66.5 Å². The summed E-state index contributed by atoms with van der Waals surface area (Å²) >= 11 is 0. The average molecular weight is 445 g/mol. The second-order valence-electron chi connectivity index (χ2n) is 10.9. The van der Waals surface area contributed by atoms with Crippen molar-refractivity contribution in [2.75, 3.05) is 13.1 Å². The van der Waals surface area contributed by atoms with Gasteiger partial charge in [0.1, 0.15) is 0 Å². The van der Waals surface area contributed by atoms with Gasteiger partial charge in [0.05, 0.1) is 4.90 Å². The van der Waals surface area contributed by atoms with E-state index < -0.39 is 10.0 Å². The van der Waals surface area contributed by atoms with Crippen molar-refractivity contribution in [2.45, 2.75) is 75.6 Å². The lowest BCUT2D eigenvalue weighted by atomic mass is 9.54. The highest BCUT2D eigenvalue weighted by Gasteiger charge is 2.49. The third kappa shape index (κ3) is 4.06. The Kier molecular flexibility index (Phi) is 5.66. The second-order valence-corrected chi connectivity index (χ2v) is 12.8. The SMILES string of the molecule is CC(C)c1ccc(S(=O)(=O)N2CCC(C(=O)NC3C4CC5CC(C4)CC3C5)CC2)cc1. The van der Waals surface area contributed by atoms with Crippen LogP contribution in [-0.2, 0) is 14.8 Å². The first-order valence-corrected chi connectivity index (χ1v) is 13.7. The van der Waals surface area contributed by atoms with Gasteiger partial charge >= 0.3 is 0 Å². The van der Waals surface area contributed by atoms with Crippen molar-refractivity contribution in [2.24, 2.45) is 29.6 Å². The Morgan fingerprint density at radius 1 is 0.935 bits per heavy atom. The highest BCUT2D eigenvalue weighted by molar-refractivity contribution is 7.89. The summed E-state index contributed by atoms with van der Waals surface area (Å²) in [7, 11) is -3.49. The van der Waals surface area contributed by atoms with Crippen LogP contribution < -0.4 is 5.32 Å². The van der Waals surface area contributed by atoms with Crippen LogP contribution in [0.2, 0.25) is 0 Å². The number of rotatable bonds is 5. The molecule has 5 fully saturated rings. The molecule has 4 aliphatic carbocycles. The van der Waals surface area contributed by atoms with Crippen molar-refractivity contribution in [3.63, 3.8) is 0 Å². The van der Waals surface area contributed by atoms with E-state index >= 15 is 0 Å². The number of benzene rings is 1. The van der Waals surface area contributed by atoms with Crippen LogP contribution in [0, 0.1) is 29.6 Å². The molecular formula is C25H36N2O3S. The molecule has 5 nitrogen and oxygen atoms in total. The van der Waals surface area contributed by atoms with Crippen LogP contribution in [0.15, 0.2) is 29.2 Å². The van der Waals surface area contributed by atoms with Gasteiger partial charge in [-0.05, 0) is 92.2 Å². The van der Waals surface area contributed by atoms with E-state index in [9.17, 15) is 13.2 Å². The van der Waals surface area contributed by atoms with Crippen molar-refractivity contribution in [3.8, 4) is 0 Å². The first kappa shape index (κ1) is 21.4. The monoisotopic (exact) mass is 444 g/mol. The molecule has 6 rings (SSSR count). The summed E-state index contributed by atoms with van der Waals surface area (Å²) in [6.07, 6.45) is 7.83. The number of carbonyl (C=O) groups excluding carboxylic acids is 1. The van der Waals surface area contributed by atoms with Gasteiger partial charge in [-0.15, -0.1) is 0 Å². The molecule has 1 amide bonds. The van der Waals surface area contributed by atoms with Crippen LogP contribution >= 0.6 is 0 Å². The lowest BCUT2D eigenvalue weighted by Gasteiger charge is -2.54. The zero-order valence-corrected chi connectivity index (χ0v) is 19.6. The molecule has 1 N–H and O–H groups in total. The standard InChI is InChI=1S/C25H36N2O3S/c1-16(2)19-3-5-23(6-4-19)31(29,30)27-9-7-20(8-10-27)25(28)26-24-21-12-17-11-18(14-21)15-22(24)13-17/h3-6,16-18,20-22,24H,7-15H2,1-2H3,(H,26,28). The van der Waals surface area contributed by atoms with Gasteiger partial charge in [0.2, 0.25) is 15.9 Å². The summed E-state index contributed by atoms with van der Waals surface area (Å²) in [6.45, 7) is 5.05. The Morgan fingerprint density at radius 2 is 1.48 bits per heavy atom. The molecule has 0 atom stereocenters. The fourth-order valence-corrected chi connectivity index (χ4v) is 8.44. The van der Waals surface area contributed by atoms with Gasteiger partial charge in [0.15, 0.2) is 0 Å². The van der Waals surface area contributed by atoms with E-state index in [1.807, 2.05) is 12.1 Å². The molecular weight excluding hydrogens is 408 g/mol. The number of carbonyl (C=O) groups is 1. The van der Waals surface area contributed by atoms with E-state index in [2.05, 4.69) is 19.2 Å². The van der Waals surface area contributed by atoms with Gasteiger partial charge in [-0.3, -0.25) is 4.79 Å². The zero-order valence-electron chi connectivity index (χ0n) is 18.8. The minimum Gasteiger partial charge on any atom is -0.353 e. The van der Waals surface area contributed by atoms with Gasteiger partial charge in [-0.25, -0.2) is 8.42 Å². The van der Waals surface area contributed by atoms with Crippen molar-refractivity contribution >= 4 is 15.9 Å². The van der Waals surface area contributed by atoms with Crippen molar-refractivity contribution in [1.82, 2.24) is 9.62 Å². The maximum atomic E-state index is 13.1. The molecule has 31 heavy (non-hydrogen) atoms. The number of nitrogens with zero attached hydrogens (tertiary/aromatic N) is 1. The number of amides is 1. The quantitative estimate of drug-likeness (QED) is 0.742. The molecule has 4 saturated carbocycles. The lowest BCUT2D eigenvalue weighted by molar-refractivity contribution is -0.130.